The first-order valence-electron chi connectivity index (χ1n) is 8.01. The molecule has 0 radical (unpaired) electrons. The zero-order chi connectivity index (χ0) is 14.8. The van der Waals surface area contributed by atoms with E-state index in [1.54, 1.807) is 12.1 Å². The number of aliphatic hydroxyl groups excluding tert-OH is 1. The van der Waals surface area contributed by atoms with E-state index in [9.17, 15) is 9.50 Å². The van der Waals surface area contributed by atoms with E-state index in [-0.39, 0.29) is 11.9 Å². The SMILES string of the molecule is OC1CCCC1C1CCCCN1Cc1ccc(Cl)cc1F. The minimum atomic E-state index is -0.223. The number of hydrogen-bond acceptors (Lipinski definition) is 2. The van der Waals surface area contributed by atoms with Gasteiger partial charge in [-0.2, -0.15) is 0 Å². The highest BCUT2D eigenvalue weighted by molar-refractivity contribution is 6.30. The minimum Gasteiger partial charge on any atom is -0.393 e. The highest BCUT2D eigenvalue weighted by atomic mass is 35.5. The maximum Gasteiger partial charge on any atom is 0.129 e. The van der Waals surface area contributed by atoms with Crippen LogP contribution in [0.4, 0.5) is 4.39 Å². The summed E-state index contributed by atoms with van der Waals surface area (Å²) in [5.41, 5.74) is 0.707. The second kappa shape index (κ2) is 6.64. The van der Waals surface area contributed by atoms with Crippen LogP contribution < -0.4 is 0 Å². The first-order valence-corrected chi connectivity index (χ1v) is 8.39. The van der Waals surface area contributed by atoms with Crippen molar-refractivity contribution in [3.8, 4) is 0 Å². The highest BCUT2D eigenvalue weighted by Gasteiger charge is 2.36. The van der Waals surface area contributed by atoms with Crippen molar-refractivity contribution in [2.45, 2.75) is 57.2 Å². The predicted molar refractivity (Wildman–Crippen MR) is 82.8 cm³/mol. The van der Waals surface area contributed by atoms with Crippen molar-refractivity contribution in [3.63, 3.8) is 0 Å². The van der Waals surface area contributed by atoms with Gasteiger partial charge in [-0.3, -0.25) is 4.90 Å². The molecule has 3 atom stereocenters. The average Bonchev–Trinajstić information content (AvgIpc) is 2.89. The molecule has 1 saturated heterocycles. The molecule has 0 aromatic heterocycles. The van der Waals surface area contributed by atoms with Gasteiger partial charge in [-0.1, -0.05) is 30.5 Å². The summed E-state index contributed by atoms with van der Waals surface area (Å²) < 4.78 is 14.0. The summed E-state index contributed by atoms with van der Waals surface area (Å²) in [5, 5.41) is 10.6. The molecular formula is C17H23ClFNO. The van der Waals surface area contributed by atoms with Crippen molar-refractivity contribution in [2.75, 3.05) is 6.54 Å². The van der Waals surface area contributed by atoms with E-state index >= 15 is 0 Å². The first-order chi connectivity index (χ1) is 10.1. The molecule has 2 nitrogen and oxygen atoms in total. The van der Waals surface area contributed by atoms with Crippen LogP contribution in [-0.2, 0) is 6.54 Å². The zero-order valence-corrected chi connectivity index (χ0v) is 13.0. The van der Waals surface area contributed by atoms with Crippen molar-refractivity contribution in [1.29, 1.82) is 0 Å². The fourth-order valence-corrected chi connectivity index (χ4v) is 4.14. The maximum atomic E-state index is 14.0. The summed E-state index contributed by atoms with van der Waals surface area (Å²) in [6, 6.07) is 5.32. The van der Waals surface area contributed by atoms with E-state index in [2.05, 4.69) is 4.90 Å². The number of rotatable bonds is 3. The molecule has 1 aliphatic carbocycles. The smallest absolute Gasteiger partial charge is 0.129 e. The fraction of sp³-hybridized carbons (Fsp3) is 0.647. The number of likely N-dealkylation sites (tertiary alicyclic amines) is 1. The normalized spacial score (nSPS) is 30.7. The first kappa shape index (κ1) is 15.3. The Morgan fingerprint density at radius 1 is 1.19 bits per heavy atom. The Hall–Kier alpha value is -0.640. The molecule has 1 N–H and O–H groups in total. The van der Waals surface area contributed by atoms with Gasteiger partial charge < -0.3 is 5.11 Å². The summed E-state index contributed by atoms with van der Waals surface area (Å²) in [4.78, 5) is 2.37. The predicted octanol–water partition coefficient (Wildman–Crippen LogP) is 3.99. The third kappa shape index (κ3) is 3.41. The lowest BCUT2D eigenvalue weighted by molar-refractivity contribution is 0.0308. The van der Waals surface area contributed by atoms with Gasteiger partial charge in [-0.05, 0) is 44.4 Å². The van der Waals surface area contributed by atoms with Crippen LogP contribution in [0.1, 0.15) is 44.1 Å². The standard InChI is InChI=1S/C17H23ClFNO/c18-13-8-7-12(15(19)10-13)11-20-9-2-1-5-16(20)14-4-3-6-17(14)21/h7-8,10,14,16-17,21H,1-6,9,11H2. The van der Waals surface area contributed by atoms with Gasteiger partial charge in [0.1, 0.15) is 5.82 Å². The molecule has 1 heterocycles. The fourth-order valence-electron chi connectivity index (χ4n) is 3.98. The number of nitrogens with zero attached hydrogens (tertiary/aromatic N) is 1. The van der Waals surface area contributed by atoms with Crippen LogP contribution in [0.25, 0.3) is 0 Å². The van der Waals surface area contributed by atoms with Crippen molar-refractivity contribution >= 4 is 11.6 Å². The van der Waals surface area contributed by atoms with Crippen molar-refractivity contribution < 1.29 is 9.50 Å². The summed E-state index contributed by atoms with van der Waals surface area (Å²) >= 11 is 5.82. The summed E-state index contributed by atoms with van der Waals surface area (Å²) in [6.07, 6.45) is 6.46. The Morgan fingerprint density at radius 2 is 2.05 bits per heavy atom. The molecule has 2 fully saturated rings. The Balaban J connectivity index is 1.75. The molecule has 4 heteroatoms. The summed E-state index contributed by atoms with van der Waals surface area (Å²) in [6.45, 7) is 1.62. The van der Waals surface area contributed by atoms with Gasteiger partial charge in [0.15, 0.2) is 0 Å². The molecule has 0 bridgehead atoms. The van der Waals surface area contributed by atoms with Gasteiger partial charge in [0.2, 0.25) is 0 Å². The lowest BCUT2D eigenvalue weighted by Gasteiger charge is -2.40. The van der Waals surface area contributed by atoms with Crippen LogP contribution in [0.15, 0.2) is 18.2 Å². The number of halogens is 2. The molecule has 21 heavy (non-hydrogen) atoms. The summed E-state index contributed by atoms with van der Waals surface area (Å²) in [5.74, 6) is 0.138. The lowest BCUT2D eigenvalue weighted by Crippen LogP contribution is -2.45. The Morgan fingerprint density at radius 3 is 2.76 bits per heavy atom. The molecule has 0 spiro atoms. The second-order valence-corrected chi connectivity index (χ2v) is 6.87. The van der Waals surface area contributed by atoms with E-state index in [0.717, 1.165) is 38.6 Å². The minimum absolute atomic E-state index is 0.175. The number of piperidine rings is 1. The van der Waals surface area contributed by atoms with Crippen LogP contribution in [-0.4, -0.2) is 28.7 Å². The largest absolute Gasteiger partial charge is 0.393 e. The lowest BCUT2D eigenvalue weighted by atomic mass is 9.87. The monoisotopic (exact) mass is 311 g/mol. The van der Waals surface area contributed by atoms with Gasteiger partial charge in [-0.15, -0.1) is 0 Å². The van der Waals surface area contributed by atoms with Gasteiger partial charge >= 0.3 is 0 Å². The molecule has 2 aliphatic rings. The molecule has 1 aromatic carbocycles. The van der Waals surface area contributed by atoms with Crippen LogP contribution in [0.5, 0.6) is 0 Å². The van der Waals surface area contributed by atoms with E-state index in [0.29, 0.717) is 29.1 Å². The molecule has 1 aliphatic heterocycles. The number of benzene rings is 1. The number of hydrogen-bond donors (Lipinski definition) is 1. The highest BCUT2D eigenvalue weighted by Crippen LogP contribution is 2.36. The zero-order valence-electron chi connectivity index (χ0n) is 12.3. The molecule has 1 saturated carbocycles. The molecular weight excluding hydrogens is 289 g/mol. The molecule has 116 valence electrons. The third-order valence-corrected chi connectivity index (χ3v) is 5.31. The van der Waals surface area contributed by atoms with Gasteiger partial charge in [0.25, 0.3) is 0 Å². The quantitative estimate of drug-likeness (QED) is 0.912. The molecule has 3 rings (SSSR count). The number of aliphatic hydroxyl groups is 1. The Bertz CT molecular complexity index is 496. The van der Waals surface area contributed by atoms with Crippen LogP contribution in [0.2, 0.25) is 5.02 Å². The molecule has 0 amide bonds. The van der Waals surface area contributed by atoms with Gasteiger partial charge in [0.05, 0.1) is 6.10 Å². The average molecular weight is 312 g/mol. The van der Waals surface area contributed by atoms with E-state index in [1.807, 2.05) is 0 Å². The Kier molecular flexibility index (Phi) is 4.82. The van der Waals surface area contributed by atoms with Crippen LogP contribution in [0, 0.1) is 11.7 Å². The van der Waals surface area contributed by atoms with Crippen molar-refractivity contribution in [3.05, 3.63) is 34.6 Å². The third-order valence-electron chi connectivity index (χ3n) is 5.08. The molecule has 3 unspecified atom stereocenters. The second-order valence-electron chi connectivity index (χ2n) is 6.43. The van der Waals surface area contributed by atoms with Crippen LogP contribution in [0.3, 0.4) is 0 Å². The Labute approximate surface area is 130 Å². The van der Waals surface area contributed by atoms with E-state index in [1.165, 1.54) is 12.5 Å². The maximum absolute atomic E-state index is 14.0. The summed E-state index contributed by atoms with van der Waals surface area (Å²) in [7, 11) is 0. The van der Waals surface area contributed by atoms with Crippen LogP contribution >= 0.6 is 11.6 Å². The van der Waals surface area contributed by atoms with E-state index < -0.39 is 0 Å². The topological polar surface area (TPSA) is 23.5 Å². The van der Waals surface area contributed by atoms with Gasteiger partial charge in [-0.25, -0.2) is 4.39 Å². The van der Waals surface area contributed by atoms with Gasteiger partial charge in [0, 0.05) is 29.1 Å². The van der Waals surface area contributed by atoms with E-state index in [4.69, 9.17) is 11.6 Å². The van der Waals surface area contributed by atoms with Crippen molar-refractivity contribution in [2.24, 2.45) is 5.92 Å². The van der Waals surface area contributed by atoms with Crippen molar-refractivity contribution in [1.82, 2.24) is 4.90 Å². The molecule has 1 aromatic rings.